The van der Waals surface area contributed by atoms with E-state index in [-0.39, 0.29) is 11.0 Å². The molecule has 0 amide bonds. The number of anilines is 1. The number of nitrogens with one attached hydrogen (secondary N) is 1. The minimum absolute atomic E-state index is 0.0721. The zero-order valence-electron chi connectivity index (χ0n) is 12.9. The third kappa shape index (κ3) is 2.96. The summed E-state index contributed by atoms with van der Waals surface area (Å²) < 4.78 is 1.58. The van der Waals surface area contributed by atoms with Gasteiger partial charge in [-0.3, -0.25) is 4.79 Å². The van der Waals surface area contributed by atoms with E-state index in [1.54, 1.807) is 10.9 Å². The molecule has 2 fully saturated rings. The van der Waals surface area contributed by atoms with Crippen LogP contribution in [0.25, 0.3) is 0 Å². The van der Waals surface area contributed by atoms with Crippen LogP contribution >= 0.6 is 11.6 Å². The summed E-state index contributed by atoms with van der Waals surface area (Å²) in [6.45, 7) is 5.22. The number of nitrogens with zero attached hydrogens (tertiary/aromatic N) is 2. The summed E-state index contributed by atoms with van der Waals surface area (Å²) in [6, 6.07) is 0.308. The topological polar surface area (TPSA) is 46.9 Å². The smallest absolute Gasteiger partial charge is 0.291 e. The molecule has 0 spiro atoms. The summed E-state index contributed by atoms with van der Waals surface area (Å²) in [5.74, 6) is 0.604. The Kier molecular flexibility index (Phi) is 4.00. The first-order chi connectivity index (χ1) is 9.97. The summed E-state index contributed by atoms with van der Waals surface area (Å²) >= 11 is 6.22. The number of rotatable bonds is 4. The highest BCUT2D eigenvalue weighted by molar-refractivity contribution is 6.33. The average molecular weight is 310 g/mol. The fraction of sp³-hybridized carbons (Fsp3) is 0.750. The van der Waals surface area contributed by atoms with Gasteiger partial charge in [-0.25, -0.2) is 4.68 Å². The van der Waals surface area contributed by atoms with Crippen LogP contribution in [0, 0.1) is 11.3 Å². The zero-order chi connectivity index (χ0) is 15.0. The molecule has 0 aromatic carbocycles. The highest BCUT2D eigenvalue weighted by atomic mass is 35.5. The van der Waals surface area contributed by atoms with E-state index in [1.165, 1.54) is 32.1 Å². The van der Waals surface area contributed by atoms with E-state index in [0.717, 1.165) is 13.0 Å². The Morgan fingerprint density at radius 3 is 2.71 bits per heavy atom. The Morgan fingerprint density at radius 1 is 1.38 bits per heavy atom. The zero-order valence-corrected chi connectivity index (χ0v) is 13.6. The van der Waals surface area contributed by atoms with Gasteiger partial charge in [-0.2, -0.15) is 5.10 Å². The van der Waals surface area contributed by atoms with E-state index < -0.39 is 0 Å². The van der Waals surface area contributed by atoms with Gasteiger partial charge >= 0.3 is 0 Å². The van der Waals surface area contributed by atoms with Gasteiger partial charge in [0.15, 0.2) is 0 Å². The van der Waals surface area contributed by atoms with Gasteiger partial charge in [0.25, 0.3) is 5.56 Å². The number of hydrogen-bond donors (Lipinski definition) is 1. The third-order valence-corrected chi connectivity index (χ3v) is 5.52. The normalized spacial score (nSPS) is 24.8. The molecule has 2 aliphatic carbocycles. The molecule has 1 atom stereocenters. The van der Waals surface area contributed by atoms with Gasteiger partial charge in [0.2, 0.25) is 0 Å². The molecule has 1 N–H and O–H groups in total. The van der Waals surface area contributed by atoms with Crippen LogP contribution < -0.4 is 10.9 Å². The fourth-order valence-electron chi connectivity index (χ4n) is 3.42. The molecule has 4 nitrogen and oxygen atoms in total. The SMILES string of the molecule is CC1(C)CCCC1Nc1c(Cl)cnn(CC2CCC2)c1=O. The Morgan fingerprint density at radius 2 is 2.14 bits per heavy atom. The molecule has 0 saturated heterocycles. The van der Waals surface area contributed by atoms with E-state index in [1.807, 2.05) is 0 Å². The monoisotopic (exact) mass is 309 g/mol. The molecule has 2 aliphatic rings. The van der Waals surface area contributed by atoms with Crippen LogP contribution in [0.1, 0.15) is 52.4 Å². The lowest BCUT2D eigenvalue weighted by molar-refractivity contribution is 0.262. The first kappa shape index (κ1) is 14.9. The molecule has 0 aliphatic heterocycles. The maximum atomic E-state index is 12.6. The van der Waals surface area contributed by atoms with Gasteiger partial charge in [-0.05, 0) is 37.0 Å². The molecular formula is C16H24ClN3O. The standard InChI is InChI=1S/C16H24ClN3O/c1-16(2)8-4-7-13(16)19-14-12(17)9-18-20(15(14)21)10-11-5-3-6-11/h9,11,13,19H,3-8,10H2,1-2H3. The summed E-state index contributed by atoms with van der Waals surface area (Å²) in [4.78, 5) is 12.6. The van der Waals surface area contributed by atoms with Gasteiger partial charge in [0, 0.05) is 12.6 Å². The van der Waals surface area contributed by atoms with Crippen LogP contribution in [0.5, 0.6) is 0 Å². The van der Waals surface area contributed by atoms with Gasteiger partial charge in [-0.15, -0.1) is 0 Å². The number of halogens is 1. The molecule has 5 heteroatoms. The molecule has 116 valence electrons. The van der Waals surface area contributed by atoms with Crippen molar-refractivity contribution in [1.29, 1.82) is 0 Å². The van der Waals surface area contributed by atoms with Crippen LogP contribution in [-0.2, 0) is 6.54 Å². The average Bonchev–Trinajstić information content (AvgIpc) is 2.70. The van der Waals surface area contributed by atoms with Crippen LogP contribution in [0.3, 0.4) is 0 Å². The van der Waals surface area contributed by atoms with E-state index in [0.29, 0.717) is 22.7 Å². The lowest BCUT2D eigenvalue weighted by atomic mass is 9.85. The van der Waals surface area contributed by atoms with E-state index >= 15 is 0 Å². The minimum Gasteiger partial charge on any atom is -0.376 e. The van der Waals surface area contributed by atoms with E-state index in [9.17, 15) is 4.79 Å². The molecule has 1 aromatic rings. The molecule has 0 bridgehead atoms. The number of aromatic nitrogens is 2. The lowest BCUT2D eigenvalue weighted by Gasteiger charge is -2.29. The van der Waals surface area contributed by atoms with Crippen LogP contribution in [-0.4, -0.2) is 15.8 Å². The van der Waals surface area contributed by atoms with Crippen LogP contribution in [0.4, 0.5) is 5.69 Å². The van der Waals surface area contributed by atoms with Gasteiger partial charge in [-0.1, -0.05) is 38.3 Å². The largest absolute Gasteiger partial charge is 0.376 e. The predicted octanol–water partition coefficient (Wildman–Crippen LogP) is 3.69. The Hall–Kier alpha value is -1.03. The van der Waals surface area contributed by atoms with Crippen molar-refractivity contribution in [3.05, 3.63) is 21.6 Å². The second-order valence-electron chi connectivity index (χ2n) is 7.23. The highest BCUT2D eigenvalue weighted by Crippen LogP contribution is 2.39. The second-order valence-corrected chi connectivity index (χ2v) is 7.64. The first-order valence-electron chi connectivity index (χ1n) is 7.99. The van der Waals surface area contributed by atoms with Crippen molar-refractivity contribution in [1.82, 2.24) is 9.78 Å². The van der Waals surface area contributed by atoms with Crippen molar-refractivity contribution < 1.29 is 0 Å². The highest BCUT2D eigenvalue weighted by Gasteiger charge is 2.35. The molecule has 2 saturated carbocycles. The van der Waals surface area contributed by atoms with Crippen molar-refractivity contribution in [2.24, 2.45) is 11.3 Å². The minimum atomic E-state index is -0.0721. The summed E-state index contributed by atoms with van der Waals surface area (Å²) in [5, 5.41) is 8.05. The lowest BCUT2D eigenvalue weighted by Crippen LogP contribution is -2.36. The first-order valence-corrected chi connectivity index (χ1v) is 8.37. The Labute approximate surface area is 130 Å². The molecule has 21 heavy (non-hydrogen) atoms. The number of hydrogen-bond acceptors (Lipinski definition) is 3. The quantitative estimate of drug-likeness (QED) is 0.922. The molecule has 1 aromatic heterocycles. The fourth-order valence-corrected chi connectivity index (χ4v) is 3.60. The van der Waals surface area contributed by atoms with Crippen LogP contribution in [0.15, 0.2) is 11.0 Å². The Balaban J connectivity index is 1.83. The van der Waals surface area contributed by atoms with Crippen LogP contribution in [0.2, 0.25) is 5.02 Å². The predicted molar refractivity (Wildman–Crippen MR) is 85.9 cm³/mol. The molecule has 1 unspecified atom stereocenters. The molecular weight excluding hydrogens is 286 g/mol. The maximum Gasteiger partial charge on any atom is 0.291 e. The molecule has 0 radical (unpaired) electrons. The van der Waals surface area contributed by atoms with Gasteiger partial charge in [0.1, 0.15) is 5.69 Å². The van der Waals surface area contributed by atoms with Crippen molar-refractivity contribution in [3.8, 4) is 0 Å². The van der Waals surface area contributed by atoms with Gasteiger partial charge < -0.3 is 5.32 Å². The van der Waals surface area contributed by atoms with Crippen molar-refractivity contribution in [2.45, 2.75) is 65.0 Å². The van der Waals surface area contributed by atoms with E-state index in [2.05, 4.69) is 24.3 Å². The van der Waals surface area contributed by atoms with E-state index in [4.69, 9.17) is 11.6 Å². The summed E-state index contributed by atoms with van der Waals surface area (Å²) in [7, 11) is 0. The molecule has 1 heterocycles. The Bertz CT molecular complexity index is 577. The third-order valence-electron chi connectivity index (χ3n) is 5.23. The van der Waals surface area contributed by atoms with Crippen molar-refractivity contribution in [3.63, 3.8) is 0 Å². The molecule has 3 rings (SSSR count). The maximum absolute atomic E-state index is 12.6. The van der Waals surface area contributed by atoms with Gasteiger partial charge in [0.05, 0.1) is 11.2 Å². The second kappa shape index (κ2) is 5.64. The summed E-state index contributed by atoms with van der Waals surface area (Å²) in [5.41, 5.74) is 0.667. The van der Waals surface area contributed by atoms with Crippen molar-refractivity contribution >= 4 is 17.3 Å². The summed E-state index contributed by atoms with van der Waals surface area (Å²) in [6.07, 6.45) is 8.76. The van der Waals surface area contributed by atoms with Crippen molar-refractivity contribution in [2.75, 3.05) is 5.32 Å².